The van der Waals surface area contributed by atoms with Gasteiger partial charge in [0.15, 0.2) is 0 Å². The molecule has 2 rings (SSSR count). The van der Waals surface area contributed by atoms with Crippen LogP contribution in [-0.2, 0) is 4.79 Å². The van der Waals surface area contributed by atoms with Gasteiger partial charge < -0.3 is 16.0 Å². The Morgan fingerprint density at radius 2 is 2.00 bits per heavy atom. The van der Waals surface area contributed by atoms with Crippen LogP contribution in [0.5, 0.6) is 0 Å². The van der Waals surface area contributed by atoms with E-state index in [2.05, 4.69) is 24.1 Å². The number of hydrogen-bond donors (Lipinski definition) is 2. The molecule has 17 heavy (non-hydrogen) atoms. The Bertz CT molecular complexity index is 280. The van der Waals surface area contributed by atoms with E-state index < -0.39 is 0 Å². The lowest BCUT2D eigenvalue weighted by atomic mass is 9.77. The van der Waals surface area contributed by atoms with E-state index in [1.807, 2.05) is 0 Å². The number of carbonyl (C=O) groups is 1. The molecule has 5 heteroatoms. The van der Waals surface area contributed by atoms with Crippen molar-refractivity contribution >= 4 is 18.3 Å². The van der Waals surface area contributed by atoms with Crippen LogP contribution in [0.2, 0.25) is 0 Å². The Labute approximate surface area is 110 Å². The number of piperidine rings is 1. The summed E-state index contributed by atoms with van der Waals surface area (Å²) in [5, 5.41) is 2.96. The number of rotatable bonds is 2. The first-order valence-corrected chi connectivity index (χ1v) is 6.17. The summed E-state index contributed by atoms with van der Waals surface area (Å²) < 4.78 is 0. The minimum absolute atomic E-state index is 0. The second-order valence-electron chi connectivity index (χ2n) is 6.22. The molecule has 0 bridgehead atoms. The number of hydrogen-bond acceptors (Lipinski definition) is 3. The van der Waals surface area contributed by atoms with E-state index in [9.17, 15) is 4.79 Å². The molecular formula is C12H24ClN3O. The van der Waals surface area contributed by atoms with Crippen molar-refractivity contribution in [2.24, 2.45) is 11.1 Å². The summed E-state index contributed by atoms with van der Waals surface area (Å²) in [4.78, 5) is 13.7. The van der Waals surface area contributed by atoms with Gasteiger partial charge in [0.1, 0.15) is 0 Å². The smallest absolute Gasteiger partial charge is 0.220 e. The Kier molecular flexibility index (Phi) is 4.44. The second-order valence-corrected chi connectivity index (χ2v) is 6.22. The number of nitrogens with zero attached hydrogens (tertiary/aromatic N) is 1. The van der Waals surface area contributed by atoms with Crippen LogP contribution >= 0.6 is 12.4 Å². The molecule has 1 spiro atoms. The summed E-state index contributed by atoms with van der Waals surface area (Å²) in [7, 11) is 0. The molecule has 0 aliphatic carbocycles. The normalized spacial score (nSPS) is 24.5. The fraction of sp³-hybridized carbons (Fsp3) is 0.917. The number of likely N-dealkylation sites (tertiary alicyclic amines) is 1. The molecule has 2 fully saturated rings. The summed E-state index contributed by atoms with van der Waals surface area (Å²) in [5.41, 5.74) is 6.16. The maximum Gasteiger partial charge on any atom is 0.220 e. The highest BCUT2D eigenvalue weighted by Gasteiger charge is 2.41. The minimum atomic E-state index is -0.117. The number of amides is 1. The zero-order valence-corrected chi connectivity index (χ0v) is 11.6. The highest BCUT2D eigenvalue weighted by molar-refractivity contribution is 5.85. The molecule has 0 radical (unpaired) electrons. The molecule has 2 aliphatic heterocycles. The first-order chi connectivity index (χ1) is 7.39. The minimum Gasteiger partial charge on any atom is -0.356 e. The molecule has 3 N–H and O–H groups in total. The molecule has 2 heterocycles. The summed E-state index contributed by atoms with van der Waals surface area (Å²) in [5.74, 6) is 0.229. The van der Waals surface area contributed by atoms with Crippen LogP contribution < -0.4 is 11.1 Å². The number of halogens is 1. The van der Waals surface area contributed by atoms with Gasteiger partial charge in [0.2, 0.25) is 5.91 Å². The number of nitrogens with one attached hydrogen (secondary N) is 1. The Morgan fingerprint density at radius 3 is 2.41 bits per heavy atom. The van der Waals surface area contributed by atoms with Gasteiger partial charge in [-0.05, 0) is 45.2 Å². The maximum absolute atomic E-state index is 11.3. The first-order valence-electron chi connectivity index (χ1n) is 6.17. The van der Waals surface area contributed by atoms with Crippen LogP contribution in [0.15, 0.2) is 0 Å². The molecule has 0 aromatic carbocycles. The molecular weight excluding hydrogens is 238 g/mol. The van der Waals surface area contributed by atoms with Crippen molar-refractivity contribution in [2.45, 2.75) is 38.6 Å². The van der Waals surface area contributed by atoms with E-state index in [0.717, 1.165) is 45.4 Å². The average Bonchev–Trinajstić information content (AvgIpc) is 2.51. The number of carbonyl (C=O) groups excluding carboxylic acids is 1. The lowest BCUT2D eigenvalue weighted by Crippen LogP contribution is -2.50. The van der Waals surface area contributed by atoms with Crippen LogP contribution in [0.25, 0.3) is 0 Å². The van der Waals surface area contributed by atoms with Gasteiger partial charge >= 0.3 is 0 Å². The van der Waals surface area contributed by atoms with Crippen molar-refractivity contribution in [3.05, 3.63) is 0 Å². The van der Waals surface area contributed by atoms with Gasteiger partial charge in [-0.3, -0.25) is 4.79 Å². The average molecular weight is 262 g/mol. The molecule has 100 valence electrons. The van der Waals surface area contributed by atoms with Crippen molar-refractivity contribution in [2.75, 3.05) is 26.2 Å². The van der Waals surface area contributed by atoms with Gasteiger partial charge in [0, 0.05) is 25.0 Å². The van der Waals surface area contributed by atoms with Gasteiger partial charge in [-0.15, -0.1) is 12.4 Å². The summed E-state index contributed by atoms with van der Waals surface area (Å²) in [6.45, 7) is 8.12. The third-order valence-electron chi connectivity index (χ3n) is 3.74. The zero-order valence-electron chi connectivity index (χ0n) is 10.8. The molecule has 0 aromatic heterocycles. The van der Waals surface area contributed by atoms with Gasteiger partial charge in [-0.25, -0.2) is 0 Å². The SMILES string of the molecule is CC(C)(N)CN1CCC2(CC1)CNC(=O)C2.Cl. The van der Waals surface area contributed by atoms with Crippen LogP contribution in [0.1, 0.15) is 33.1 Å². The number of nitrogens with two attached hydrogens (primary N) is 1. The van der Waals surface area contributed by atoms with Crippen molar-refractivity contribution in [1.82, 2.24) is 10.2 Å². The Balaban J connectivity index is 0.00000144. The molecule has 0 unspecified atom stereocenters. The van der Waals surface area contributed by atoms with E-state index >= 15 is 0 Å². The van der Waals surface area contributed by atoms with E-state index in [0.29, 0.717) is 0 Å². The van der Waals surface area contributed by atoms with E-state index in [1.165, 1.54) is 0 Å². The third kappa shape index (κ3) is 3.83. The van der Waals surface area contributed by atoms with Crippen LogP contribution in [-0.4, -0.2) is 42.5 Å². The monoisotopic (exact) mass is 261 g/mol. The van der Waals surface area contributed by atoms with Crippen molar-refractivity contribution in [3.8, 4) is 0 Å². The molecule has 1 amide bonds. The predicted octanol–water partition coefficient (Wildman–Crippen LogP) is 0.748. The Morgan fingerprint density at radius 1 is 1.41 bits per heavy atom. The van der Waals surface area contributed by atoms with Crippen LogP contribution in [0.4, 0.5) is 0 Å². The highest BCUT2D eigenvalue weighted by atomic mass is 35.5. The van der Waals surface area contributed by atoms with Crippen LogP contribution in [0, 0.1) is 5.41 Å². The third-order valence-corrected chi connectivity index (χ3v) is 3.74. The molecule has 4 nitrogen and oxygen atoms in total. The quantitative estimate of drug-likeness (QED) is 0.771. The molecule has 2 aliphatic rings. The second kappa shape index (κ2) is 5.12. The van der Waals surface area contributed by atoms with Crippen molar-refractivity contribution < 1.29 is 4.79 Å². The lowest BCUT2D eigenvalue weighted by molar-refractivity contribution is -0.119. The summed E-state index contributed by atoms with van der Waals surface area (Å²) in [6.07, 6.45) is 2.98. The van der Waals surface area contributed by atoms with Crippen LogP contribution in [0.3, 0.4) is 0 Å². The lowest BCUT2D eigenvalue weighted by Gasteiger charge is -2.40. The highest BCUT2D eigenvalue weighted by Crippen LogP contribution is 2.37. The predicted molar refractivity (Wildman–Crippen MR) is 71.2 cm³/mol. The van der Waals surface area contributed by atoms with Crippen molar-refractivity contribution in [3.63, 3.8) is 0 Å². The fourth-order valence-electron chi connectivity index (χ4n) is 2.87. The summed E-state index contributed by atoms with van der Waals surface area (Å²) >= 11 is 0. The van der Waals surface area contributed by atoms with Gasteiger partial charge in [-0.2, -0.15) is 0 Å². The standard InChI is InChI=1S/C12H23N3O.ClH/c1-11(2,13)9-15-5-3-12(4-6-15)7-10(16)14-8-12;/h3-9,13H2,1-2H3,(H,14,16);1H. The van der Waals surface area contributed by atoms with E-state index in [4.69, 9.17) is 5.73 Å². The maximum atomic E-state index is 11.3. The molecule has 0 saturated carbocycles. The largest absolute Gasteiger partial charge is 0.356 e. The van der Waals surface area contributed by atoms with Gasteiger partial charge in [0.05, 0.1) is 0 Å². The van der Waals surface area contributed by atoms with E-state index in [1.54, 1.807) is 0 Å². The van der Waals surface area contributed by atoms with Gasteiger partial charge in [0.25, 0.3) is 0 Å². The summed E-state index contributed by atoms with van der Waals surface area (Å²) in [6, 6.07) is 0. The van der Waals surface area contributed by atoms with Gasteiger partial charge in [-0.1, -0.05) is 0 Å². The Hall–Kier alpha value is -0.320. The fourth-order valence-corrected chi connectivity index (χ4v) is 2.87. The molecule has 2 saturated heterocycles. The van der Waals surface area contributed by atoms with E-state index in [-0.39, 0.29) is 29.3 Å². The first kappa shape index (κ1) is 14.7. The van der Waals surface area contributed by atoms with Crippen molar-refractivity contribution in [1.29, 1.82) is 0 Å². The topological polar surface area (TPSA) is 58.4 Å². The molecule has 0 aromatic rings. The molecule has 0 atom stereocenters. The zero-order chi connectivity index (χ0) is 11.8.